The summed E-state index contributed by atoms with van der Waals surface area (Å²) >= 11 is 0. The second-order valence-corrected chi connectivity index (χ2v) is 14.4. The topological polar surface area (TPSA) is 58.4 Å². The maximum absolute atomic E-state index is 5.49. The van der Waals surface area contributed by atoms with Crippen molar-refractivity contribution in [2.24, 2.45) is 0 Å². The number of hydrogen-bond acceptors (Lipinski definition) is 3. The molecule has 7 nitrogen and oxygen atoms in total. The standard InChI is InChI=1S/C50H37N7/c1-3-16-44-36(4-2)38-25-27-42-40(29-31-54(42)34-19-10-6-11-20-34)46(38)56(44)49-51-48(33-17-8-5-9-18-33)52-50(53-49)57-45-24-15-14-23-37(45)39-26-28-43-41(47(39)57)30-32-55(43)35-21-12-7-13-22-35/h3-5,7-10,12-32H,2,6,11H2,1H3/b16-3-. The van der Waals surface area contributed by atoms with Gasteiger partial charge < -0.3 is 9.13 Å². The number of nitrogens with zero attached hydrogens (tertiary/aromatic N) is 7. The van der Waals surface area contributed by atoms with Crippen LogP contribution in [0, 0.1) is 0 Å². The highest BCUT2D eigenvalue weighted by Crippen LogP contribution is 2.40. The van der Waals surface area contributed by atoms with Crippen molar-refractivity contribution in [1.82, 2.24) is 33.2 Å². The van der Waals surface area contributed by atoms with Gasteiger partial charge in [0, 0.05) is 61.8 Å². The fourth-order valence-corrected chi connectivity index (χ4v) is 8.75. The number of allylic oxidation sites excluding steroid dienone is 5. The summed E-state index contributed by atoms with van der Waals surface area (Å²) in [4.78, 5) is 16.1. The minimum absolute atomic E-state index is 0.530. The Morgan fingerprint density at radius 2 is 1.25 bits per heavy atom. The monoisotopic (exact) mass is 735 g/mol. The molecule has 7 heteroatoms. The molecular formula is C50H37N7. The number of benzene rings is 5. The molecule has 0 atom stereocenters. The highest BCUT2D eigenvalue weighted by Gasteiger charge is 2.25. The van der Waals surface area contributed by atoms with Gasteiger partial charge in [-0.2, -0.15) is 15.0 Å². The first-order valence-corrected chi connectivity index (χ1v) is 19.4. The SMILES string of the molecule is C=Cc1c(/C=C\C)n(-c2nc(-c3ccccc3)nc(-n3c4ccccc4c4ccc5c(ccn5-c5ccccc5)c43)n2)c2c1ccc1c2ccn1C1=CCCC=C1. The van der Waals surface area contributed by atoms with Crippen LogP contribution in [0.4, 0.5) is 0 Å². The van der Waals surface area contributed by atoms with Gasteiger partial charge in [-0.25, -0.2) is 0 Å². The molecule has 0 saturated carbocycles. The molecule has 0 fully saturated rings. The van der Waals surface area contributed by atoms with Crippen LogP contribution in [0.2, 0.25) is 0 Å². The molecule has 0 unspecified atom stereocenters. The van der Waals surface area contributed by atoms with E-state index in [9.17, 15) is 0 Å². The lowest BCUT2D eigenvalue weighted by Gasteiger charge is -2.14. The Morgan fingerprint density at radius 1 is 0.579 bits per heavy atom. The van der Waals surface area contributed by atoms with Crippen LogP contribution in [-0.4, -0.2) is 33.2 Å². The summed E-state index contributed by atoms with van der Waals surface area (Å²) in [6, 6.07) is 42.5. The fourth-order valence-electron chi connectivity index (χ4n) is 8.75. The second-order valence-electron chi connectivity index (χ2n) is 14.4. The van der Waals surface area contributed by atoms with Crippen molar-refractivity contribution in [2.75, 3.05) is 0 Å². The molecule has 5 aromatic carbocycles. The van der Waals surface area contributed by atoms with Crippen molar-refractivity contribution >= 4 is 72.4 Å². The van der Waals surface area contributed by atoms with Crippen molar-refractivity contribution in [3.63, 3.8) is 0 Å². The van der Waals surface area contributed by atoms with E-state index in [1.807, 2.05) is 37.3 Å². The minimum Gasteiger partial charge on any atom is -0.317 e. The number of rotatable bonds is 7. The lowest BCUT2D eigenvalue weighted by Crippen LogP contribution is -2.11. The van der Waals surface area contributed by atoms with Gasteiger partial charge in [-0.15, -0.1) is 0 Å². The van der Waals surface area contributed by atoms with Crippen LogP contribution in [0.25, 0.3) is 101 Å². The molecule has 5 aromatic heterocycles. The molecule has 11 rings (SSSR count). The molecule has 0 spiro atoms. The summed E-state index contributed by atoms with van der Waals surface area (Å²) < 4.78 is 8.96. The van der Waals surface area contributed by atoms with E-state index < -0.39 is 0 Å². The Hall–Kier alpha value is -7.51. The summed E-state index contributed by atoms with van der Waals surface area (Å²) in [5, 5.41) is 5.57. The zero-order valence-electron chi connectivity index (χ0n) is 31.4. The molecule has 1 aliphatic carbocycles. The van der Waals surface area contributed by atoms with E-state index in [2.05, 4.69) is 165 Å². The summed E-state index contributed by atoms with van der Waals surface area (Å²) in [5.74, 6) is 1.66. The quantitative estimate of drug-likeness (QED) is 0.164. The Kier molecular flexibility index (Phi) is 7.54. The third kappa shape index (κ3) is 5.02. The highest BCUT2D eigenvalue weighted by atomic mass is 15.3. The summed E-state index contributed by atoms with van der Waals surface area (Å²) in [6.07, 6.45) is 19.3. The van der Waals surface area contributed by atoms with E-state index in [0.29, 0.717) is 17.7 Å². The van der Waals surface area contributed by atoms with Crippen LogP contribution >= 0.6 is 0 Å². The largest absolute Gasteiger partial charge is 0.317 e. The first kappa shape index (κ1) is 32.9. The molecule has 0 amide bonds. The van der Waals surface area contributed by atoms with Crippen molar-refractivity contribution < 1.29 is 0 Å². The van der Waals surface area contributed by atoms with Crippen LogP contribution in [0.1, 0.15) is 31.0 Å². The zero-order chi connectivity index (χ0) is 38.0. The van der Waals surface area contributed by atoms with Gasteiger partial charge in [0.15, 0.2) is 5.82 Å². The van der Waals surface area contributed by atoms with Gasteiger partial charge in [-0.1, -0.05) is 110 Å². The highest BCUT2D eigenvalue weighted by molar-refractivity contribution is 6.18. The zero-order valence-corrected chi connectivity index (χ0v) is 31.4. The van der Waals surface area contributed by atoms with E-state index in [4.69, 9.17) is 15.0 Å². The molecular weight excluding hydrogens is 699 g/mol. The third-order valence-corrected chi connectivity index (χ3v) is 11.2. The van der Waals surface area contributed by atoms with Gasteiger partial charge in [0.05, 0.1) is 33.3 Å². The number of aromatic nitrogens is 7. The van der Waals surface area contributed by atoms with Crippen LogP contribution in [0.3, 0.4) is 0 Å². The van der Waals surface area contributed by atoms with Gasteiger partial charge in [0.1, 0.15) is 0 Å². The number of fused-ring (bicyclic) bond motifs is 8. The van der Waals surface area contributed by atoms with Crippen LogP contribution in [-0.2, 0) is 0 Å². The van der Waals surface area contributed by atoms with Crippen LogP contribution in [0.5, 0.6) is 0 Å². The van der Waals surface area contributed by atoms with Gasteiger partial charge in [-0.05, 0) is 74.4 Å². The van der Waals surface area contributed by atoms with Gasteiger partial charge in [0.25, 0.3) is 0 Å². The first-order valence-electron chi connectivity index (χ1n) is 19.4. The molecule has 10 aromatic rings. The van der Waals surface area contributed by atoms with Crippen molar-refractivity contribution in [1.29, 1.82) is 0 Å². The number of para-hydroxylation sites is 2. The van der Waals surface area contributed by atoms with E-state index in [1.165, 1.54) is 5.70 Å². The van der Waals surface area contributed by atoms with Crippen LogP contribution in [0.15, 0.2) is 165 Å². The Bertz CT molecular complexity index is 3310. The maximum Gasteiger partial charge on any atom is 0.240 e. The smallest absolute Gasteiger partial charge is 0.240 e. The summed E-state index contributed by atoms with van der Waals surface area (Å²) in [7, 11) is 0. The van der Waals surface area contributed by atoms with E-state index >= 15 is 0 Å². The molecule has 0 bridgehead atoms. The van der Waals surface area contributed by atoms with Crippen molar-refractivity contribution in [3.8, 4) is 29.0 Å². The Morgan fingerprint density at radius 3 is 1.98 bits per heavy atom. The first-order chi connectivity index (χ1) is 28.2. The lowest BCUT2D eigenvalue weighted by molar-refractivity contribution is 0.878. The molecule has 0 radical (unpaired) electrons. The van der Waals surface area contributed by atoms with Gasteiger partial charge in [-0.3, -0.25) is 9.13 Å². The maximum atomic E-state index is 5.49. The van der Waals surface area contributed by atoms with E-state index in [0.717, 1.165) is 89.9 Å². The summed E-state index contributed by atoms with van der Waals surface area (Å²) in [6.45, 7) is 6.35. The number of hydrogen-bond donors (Lipinski definition) is 0. The third-order valence-electron chi connectivity index (χ3n) is 11.2. The molecule has 57 heavy (non-hydrogen) atoms. The molecule has 0 saturated heterocycles. The molecule has 1 aliphatic rings. The van der Waals surface area contributed by atoms with Crippen molar-refractivity contribution in [3.05, 3.63) is 176 Å². The van der Waals surface area contributed by atoms with Gasteiger partial charge >= 0.3 is 0 Å². The fraction of sp³-hybridized carbons (Fsp3) is 0.0600. The van der Waals surface area contributed by atoms with Crippen molar-refractivity contribution in [2.45, 2.75) is 19.8 Å². The Balaban J connectivity index is 1.25. The lowest BCUT2D eigenvalue weighted by atomic mass is 10.1. The molecule has 0 aliphatic heterocycles. The van der Waals surface area contributed by atoms with Gasteiger partial charge in [0.2, 0.25) is 11.9 Å². The second kappa shape index (κ2) is 13.1. The van der Waals surface area contributed by atoms with Crippen LogP contribution < -0.4 is 0 Å². The Labute approximate surface area is 329 Å². The van der Waals surface area contributed by atoms with E-state index in [1.54, 1.807) is 0 Å². The molecule has 272 valence electrons. The average Bonchev–Trinajstić information content (AvgIpc) is 4.05. The average molecular weight is 736 g/mol. The molecule has 5 heterocycles. The minimum atomic E-state index is 0.530. The predicted octanol–water partition coefficient (Wildman–Crippen LogP) is 12.3. The molecule has 0 N–H and O–H groups in total. The normalized spacial score (nSPS) is 13.2. The van der Waals surface area contributed by atoms with E-state index in [-0.39, 0.29) is 0 Å². The summed E-state index contributed by atoms with van der Waals surface area (Å²) in [5.41, 5.74) is 10.5. The predicted molar refractivity (Wildman–Crippen MR) is 236 cm³/mol.